The molecule has 6 heteroatoms. The highest BCUT2D eigenvalue weighted by atomic mass is 35.5. The molecule has 0 spiro atoms. The number of amides is 1. The number of nitrogens with one attached hydrogen (secondary N) is 1. The summed E-state index contributed by atoms with van der Waals surface area (Å²) >= 11 is 5.92. The second-order valence-corrected chi connectivity index (χ2v) is 5.86. The van der Waals surface area contributed by atoms with Gasteiger partial charge >= 0.3 is 0 Å². The molecule has 0 saturated carbocycles. The Bertz CT molecular complexity index is 856. The molecule has 0 fully saturated rings. The molecule has 2 aromatic rings. The highest BCUT2D eigenvalue weighted by Gasteiger charge is 2.09. The molecule has 2 rings (SSSR count). The summed E-state index contributed by atoms with van der Waals surface area (Å²) < 4.78 is 10.5. The van der Waals surface area contributed by atoms with Gasteiger partial charge < -0.3 is 14.8 Å². The monoisotopic (exact) mass is 370 g/mol. The summed E-state index contributed by atoms with van der Waals surface area (Å²) in [5.74, 6) is 0.861. The fraction of sp³-hybridized carbons (Fsp3) is 0.200. The van der Waals surface area contributed by atoms with Crippen LogP contribution >= 0.6 is 11.6 Å². The van der Waals surface area contributed by atoms with Crippen LogP contribution in [0.25, 0.3) is 6.08 Å². The van der Waals surface area contributed by atoms with E-state index < -0.39 is 5.91 Å². The first kappa shape index (κ1) is 19.4. The maximum Gasteiger partial charge on any atom is 0.261 e. The minimum absolute atomic E-state index is 0.0274. The number of hydrogen-bond donors (Lipinski definition) is 1. The first-order chi connectivity index (χ1) is 12.6. The van der Waals surface area contributed by atoms with E-state index in [0.29, 0.717) is 35.1 Å². The van der Waals surface area contributed by atoms with Crippen LogP contribution in [0, 0.1) is 11.3 Å². The topological polar surface area (TPSA) is 71.3 Å². The number of nitriles is 1. The van der Waals surface area contributed by atoms with Crippen LogP contribution in [0.15, 0.2) is 48.0 Å². The Morgan fingerprint density at radius 3 is 2.62 bits per heavy atom. The summed E-state index contributed by atoms with van der Waals surface area (Å²) in [6.45, 7) is 0.392. The molecule has 0 bridgehead atoms. The van der Waals surface area contributed by atoms with Gasteiger partial charge in [-0.2, -0.15) is 5.26 Å². The highest BCUT2D eigenvalue weighted by Crippen LogP contribution is 2.27. The van der Waals surface area contributed by atoms with E-state index in [9.17, 15) is 10.1 Å². The fourth-order valence-corrected chi connectivity index (χ4v) is 2.56. The fourth-order valence-electron chi connectivity index (χ4n) is 2.36. The zero-order chi connectivity index (χ0) is 18.9. The van der Waals surface area contributed by atoms with Crippen molar-refractivity contribution in [2.45, 2.75) is 6.42 Å². The van der Waals surface area contributed by atoms with Gasteiger partial charge in [0.25, 0.3) is 5.91 Å². The number of benzene rings is 2. The van der Waals surface area contributed by atoms with E-state index >= 15 is 0 Å². The Balaban J connectivity index is 1.98. The summed E-state index contributed by atoms with van der Waals surface area (Å²) in [6.07, 6.45) is 2.11. The molecule has 0 aliphatic rings. The number of ether oxygens (including phenoxy) is 2. The Morgan fingerprint density at radius 2 is 1.96 bits per heavy atom. The van der Waals surface area contributed by atoms with Gasteiger partial charge in [-0.1, -0.05) is 29.8 Å². The van der Waals surface area contributed by atoms with Crippen molar-refractivity contribution in [1.82, 2.24) is 5.32 Å². The van der Waals surface area contributed by atoms with Gasteiger partial charge in [-0.3, -0.25) is 4.79 Å². The van der Waals surface area contributed by atoms with Gasteiger partial charge in [-0.15, -0.1) is 0 Å². The highest BCUT2D eigenvalue weighted by molar-refractivity contribution is 6.30. The largest absolute Gasteiger partial charge is 0.493 e. The summed E-state index contributed by atoms with van der Waals surface area (Å²) in [5, 5.41) is 12.5. The van der Waals surface area contributed by atoms with Crippen molar-refractivity contribution in [2.75, 3.05) is 20.8 Å². The van der Waals surface area contributed by atoms with Crippen molar-refractivity contribution < 1.29 is 14.3 Å². The normalized spacial score (nSPS) is 10.8. The van der Waals surface area contributed by atoms with E-state index in [1.165, 1.54) is 6.08 Å². The van der Waals surface area contributed by atoms with Crippen LogP contribution in [-0.4, -0.2) is 26.7 Å². The van der Waals surface area contributed by atoms with Gasteiger partial charge in [-0.05, 0) is 47.9 Å². The van der Waals surface area contributed by atoms with Gasteiger partial charge in [-0.25, -0.2) is 0 Å². The van der Waals surface area contributed by atoms with Crippen LogP contribution in [0.5, 0.6) is 11.5 Å². The van der Waals surface area contributed by atoms with Crippen molar-refractivity contribution in [3.63, 3.8) is 0 Å². The predicted octanol–water partition coefficient (Wildman–Crippen LogP) is 3.62. The molecule has 0 radical (unpaired) electrons. The van der Waals surface area contributed by atoms with E-state index in [-0.39, 0.29) is 5.57 Å². The minimum Gasteiger partial charge on any atom is -0.493 e. The van der Waals surface area contributed by atoms with E-state index in [4.69, 9.17) is 21.1 Å². The van der Waals surface area contributed by atoms with Crippen LogP contribution in [-0.2, 0) is 11.2 Å². The molecule has 5 nitrogen and oxygen atoms in total. The number of hydrogen-bond acceptors (Lipinski definition) is 4. The molecular weight excluding hydrogens is 352 g/mol. The zero-order valence-electron chi connectivity index (χ0n) is 14.6. The quantitative estimate of drug-likeness (QED) is 0.596. The van der Waals surface area contributed by atoms with E-state index in [2.05, 4.69) is 5.32 Å². The molecule has 1 N–H and O–H groups in total. The van der Waals surface area contributed by atoms with Gasteiger partial charge in [0.05, 0.1) is 14.2 Å². The maximum atomic E-state index is 12.2. The van der Waals surface area contributed by atoms with Gasteiger partial charge in [0.1, 0.15) is 11.6 Å². The number of rotatable bonds is 7. The number of nitrogens with zero attached hydrogens (tertiary/aromatic N) is 1. The Kier molecular flexibility index (Phi) is 7.07. The van der Waals surface area contributed by atoms with Gasteiger partial charge in [0, 0.05) is 11.6 Å². The molecule has 26 heavy (non-hydrogen) atoms. The lowest BCUT2D eigenvalue weighted by Crippen LogP contribution is -2.26. The molecule has 0 unspecified atom stereocenters. The standard InChI is InChI=1S/C20H19ClN2O3/c1-25-18-7-6-14(12-19(18)26-2)8-9-23-20(24)16(13-22)10-15-4-3-5-17(21)11-15/h3-7,10-12H,8-9H2,1-2H3,(H,23,24)/b16-10+. The average Bonchev–Trinajstić information content (AvgIpc) is 2.65. The molecule has 0 aliphatic heterocycles. The number of carbonyl (C=O) groups excluding carboxylic acids is 1. The predicted molar refractivity (Wildman–Crippen MR) is 101 cm³/mol. The molecule has 1 amide bonds. The van der Waals surface area contributed by atoms with Crippen molar-refractivity contribution >= 4 is 23.6 Å². The Hall–Kier alpha value is -2.97. The van der Waals surface area contributed by atoms with Crippen molar-refractivity contribution in [2.24, 2.45) is 0 Å². The second-order valence-electron chi connectivity index (χ2n) is 5.42. The number of carbonyl (C=O) groups is 1. The molecule has 0 atom stereocenters. The van der Waals surface area contributed by atoms with Crippen LogP contribution in [0.1, 0.15) is 11.1 Å². The summed E-state index contributed by atoms with van der Waals surface area (Å²) in [7, 11) is 3.15. The van der Waals surface area contributed by atoms with E-state index in [1.54, 1.807) is 38.5 Å². The number of methoxy groups -OCH3 is 2. The molecule has 134 valence electrons. The molecule has 2 aromatic carbocycles. The third-order valence-corrected chi connectivity index (χ3v) is 3.91. The zero-order valence-corrected chi connectivity index (χ0v) is 15.3. The third-order valence-electron chi connectivity index (χ3n) is 3.67. The summed E-state index contributed by atoms with van der Waals surface area (Å²) in [6, 6.07) is 14.5. The maximum absolute atomic E-state index is 12.2. The molecule has 0 heterocycles. The van der Waals surface area contributed by atoms with Gasteiger partial charge in [0.15, 0.2) is 11.5 Å². The van der Waals surface area contributed by atoms with Crippen molar-refractivity contribution in [3.8, 4) is 17.6 Å². The second kappa shape index (κ2) is 9.50. The third kappa shape index (κ3) is 5.27. The minimum atomic E-state index is -0.423. The smallest absolute Gasteiger partial charge is 0.261 e. The van der Waals surface area contributed by atoms with E-state index in [1.807, 2.05) is 24.3 Å². The lowest BCUT2D eigenvalue weighted by Gasteiger charge is -2.10. The summed E-state index contributed by atoms with van der Waals surface area (Å²) in [4.78, 5) is 12.2. The van der Waals surface area contributed by atoms with E-state index in [0.717, 1.165) is 5.56 Å². The van der Waals surface area contributed by atoms with Gasteiger partial charge in [0.2, 0.25) is 0 Å². The van der Waals surface area contributed by atoms with Crippen LogP contribution < -0.4 is 14.8 Å². The van der Waals surface area contributed by atoms with Crippen LogP contribution in [0.3, 0.4) is 0 Å². The number of halogens is 1. The summed E-state index contributed by atoms with van der Waals surface area (Å²) in [5.41, 5.74) is 1.71. The van der Waals surface area contributed by atoms with Crippen molar-refractivity contribution in [3.05, 3.63) is 64.2 Å². The first-order valence-corrected chi connectivity index (χ1v) is 8.31. The van der Waals surface area contributed by atoms with Crippen LogP contribution in [0.2, 0.25) is 5.02 Å². The van der Waals surface area contributed by atoms with Crippen molar-refractivity contribution in [1.29, 1.82) is 5.26 Å². The lowest BCUT2D eigenvalue weighted by atomic mass is 10.1. The molecule has 0 saturated heterocycles. The Morgan fingerprint density at radius 1 is 1.19 bits per heavy atom. The first-order valence-electron chi connectivity index (χ1n) is 7.94. The lowest BCUT2D eigenvalue weighted by molar-refractivity contribution is -0.117. The molecule has 0 aliphatic carbocycles. The molecular formula is C20H19ClN2O3. The molecule has 0 aromatic heterocycles. The SMILES string of the molecule is COc1ccc(CCNC(=O)/C(C#N)=C/c2cccc(Cl)c2)cc1OC. The average molecular weight is 371 g/mol. The Labute approximate surface area is 157 Å². The van der Waals surface area contributed by atoms with Crippen LogP contribution in [0.4, 0.5) is 0 Å².